The number of fused-ring (bicyclic) bond motifs is 7. The molecule has 0 spiro atoms. The van der Waals surface area contributed by atoms with E-state index in [1.165, 1.54) is 43.8 Å². The van der Waals surface area contributed by atoms with E-state index in [9.17, 15) is 9.90 Å². The monoisotopic (exact) mass is 570 g/mol. The molecule has 0 aromatic rings. The summed E-state index contributed by atoms with van der Waals surface area (Å²) in [6.45, 7) is 24.9. The lowest BCUT2D eigenvalue weighted by atomic mass is 9.33. The van der Waals surface area contributed by atoms with Crippen LogP contribution in [0.4, 0.5) is 0 Å². The fraction of sp³-hybridized carbons (Fsp3) is 0.917. The Balaban J connectivity index is 1.51. The van der Waals surface area contributed by atoms with Crippen molar-refractivity contribution in [2.45, 2.75) is 158 Å². The Morgan fingerprint density at radius 3 is 2.10 bits per heavy atom. The normalized spacial score (nSPS) is 45.8. The molecule has 4 fully saturated rings. The van der Waals surface area contributed by atoms with Crippen LogP contribution in [0.15, 0.2) is 11.6 Å². The predicted molar refractivity (Wildman–Crippen MR) is 169 cm³/mol. The van der Waals surface area contributed by atoms with Gasteiger partial charge in [0, 0.05) is 0 Å². The smallest absolute Gasteiger partial charge is 0.310 e. The molecule has 0 heterocycles. The molecule has 0 aromatic heterocycles. The molecule has 3 nitrogen and oxygen atoms in total. The Morgan fingerprint density at radius 2 is 1.50 bits per heavy atom. The van der Waals surface area contributed by atoms with E-state index in [4.69, 9.17) is 4.43 Å². The van der Waals surface area contributed by atoms with E-state index in [-0.39, 0.29) is 27.6 Å². The van der Waals surface area contributed by atoms with Crippen molar-refractivity contribution in [3.05, 3.63) is 11.6 Å². The van der Waals surface area contributed by atoms with Crippen molar-refractivity contribution in [2.24, 2.45) is 50.2 Å². The first-order chi connectivity index (χ1) is 18.5. The summed E-state index contributed by atoms with van der Waals surface area (Å²) in [4.78, 5) is 12.9. The fourth-order valence-electron chi connectivity index (χ4n) is 12.1. The van der Waals surface area contributed by atoms with Gasteiger partial charge in [0.1, 0.15) is 0 Å². The van der Waals surface area contributed by atoms with Crippen molar-refractivity contribution in [1.29, 1.82) is 0 Å². The Bertz CT molecular complexity index is 1030. The first-order valence-corrected chi connectivity index (χ1v) is 19.7. The second kappa shape index (κ2) is 9.70. The third kappa shape index (κ3) is 4.06. The lowest BCUT2D eigenvalue weighted by Crippen LogP contribution is -2.65. The van der Waals surface area contributed by atoms with Gasteiger partial charge < -0.3 is 9.53 Å². The molecule has 4 heteroatoms. The maximum absolute atomic E-state index is 12.9. The van der Waals surface area contributed by atoms with Gasteiger partial charge in [0.2, 0.25) is 0 Å². The number of carbonyl (C=O) groups is 1. The lowest BCUT2D eigenvalue weighted by Gasteiger charge is -2.71. The molecule has 0 bridgehead atoms. The minimum atomic E-state index is -1.66. The van der Waals surface area contributed by atoms with Gasteiger partial charge in [-0.15, -0.1) is 0 Å². The molecule has 5 unspecified atom stereocenters. The Kier molecular flexibility index (Phi) is 7.47. The zero-order valence-corrected chi connectivity index (χ0v) is 28.8. The van der Waals surface area contributed by atoms with Crippen molar-refractivity contribution < 1.29 is 14.3 Å². The molecule has 5 aliphatic rings. The Hall–Kier alpha value is -0.613. The maximum Gasteiger partial charge on any atom is 0.310 e. The van der Waals surface area contributed by atoms with Gasteiger partial charge in [0.05, 0.1) is 11.5 Å². The molecule has 228 valence electrons. The van der Waals surface area contributed by atoms with E-state index in [2.05, 4.69) is 75.3 Å². The molecule has 5 aliphatic carbocycles. The van der Waals surface area contributed by atoms with Crippen LogP contribution in [-0.2, 0) is 9.22 Å². The van der Waals surface area contributed by atoms with Gasteiger partial charge in [-0.05, 0) is 127 Å². The summed E-state index contributed by atoms with van der Waals surface area (Å²) in [6.07, 6.45) is 14.0. The summed E-state index contributed by atoms with van der Waals surface area (Å²) >= 11 is 0. The number of hydrogen-bond acceptors (Lipinski definition) is 2. The van der Waals surface area contributed by atoms with E-state index in [1.54, 1.807) is 5.57 Å². The molecule has 0 amide bonds. The topological polar surface area (TPSA) is 46.5 Å². The van der Waals surface area contributed by atoms with Crippen LogP contribution in [-0.4, -0.2) is 25.5 Å². The second-order valence-electron chi connectivity index (χ2n) is 17.4. The van der Waals surface area contributed by atoms with E-state index in [1.807, 2.05) is 0 Å². The SMILES string of the molecule is CC[Si](CC)(CC)OC1CCC2(C)C3CC=C4C5CC(C)(C)CCC5(C(=O)O)CC[C@@]4(C)[C@]3(C)CC[C@H]2C1(C)C. The van der Waals surface area contributed by atoms with E-state index in [0.717, 1.165) is 38.5 Å². The summed E-state index contributed by atoms with van der Waals surface area (Å²) in [7, 11) is -1.66. The molecule has 8 atom stereocenters. The average Bonchev–Trinajstić information content (AvgIpc) is 2.88. The van der Waals surface area contributed by atoms with Crippen LogP contribution < -0.4 is 0 Å². The largest absolute Gasteiger partial charge is 0.481 e. The predicted octanol–water partition coefficient (Wildman–Crippen LogP) is 10.3. The molecule has 0 saturated heterocycles. The molecule has 4 saturated carbocycles. The first kappa shape index (κ1) is 30.8. The quantitative estimate of drug-likeness (QED) is 0.255. The van der Waals surface area contributed by atoms with Crippen LogP contribution in [0.2, 0.25) is 18.1 Å². The van der Waals surface area contributed by atoms with Gasteiger partial charge in [-0.1, -0.05) is 80.9 Å². The number of carboxylic acids is 1. The molecular formula is C36H62O3Si. The van der Waals surface area contributed by atoms with Crippen molar-refractivity contribution in [3.63, 3.8) is 0 Å². The highest BCUT2D eigenvalue weighted by Gasteiger charge is 2.69. The minimum Gasteiger partial charge on any atom is -0.481 e. The van der Waals surface area contributed by atoms with Gasteiger partial charge in [-0.3, -0.25) is 4.79 Å². The Morgan fingerprint density at radius 1 is 0.875 bits per heavy atom. The summed E-state index contributed by atoms with van der Waals surface area (Å²) in [6, 6.07) is 3.70. The first-order valence-electron chi connectivity index (χ1n) is 17.1. The van der Waals surface area contributed by atoms with Crippen LogP contribution >= 0.6 is 0 Å². The zero-order valence-electron chi connectivity index (χ0n) is 27.8. The van der Waals surface area contributed by atoms with Crippen LogP contribution in [0.25, 0.3) is 0 Å². The number of rotatable bonds is 6. The van der Waals surface area contributed by atoms with Crippen LogP contribution in [0.1, 0.15) is 133 Å². The molecule has 1 N–H and O–H groups in total. The zero-order chi connectivity index (χ0) is 29.6. The molecule has 0 radical (unpaired) electrons. The van der Waals surface area contributed by atoms with Gasteiger partial charge in [0.15, 0.2) is 8.32 Å². The van der Waals surface area contributed by atoms with Crippen molar-refractivity contribution in [1.82, 2.24) is 0 Å². The van der Waals surface area contributed by atoms with Crippen LogP contribution in [0, 0.1) is 50.2 Å². The number of allylic oxidation sites excluding steroid dienone is 2. The molecule has 0 aliphatic heterocycles. The minimum absolute atomic E-state index is 0.104. The van der Waals surface area contributed by atoms with Gasteiger partial charge in [-0.25, -0.2) is 0 Å². The Labute approximate surface area is 247 Å². The molecule has 40 heavy (non-hydrogen) atoms. The standard InChI is InChI=1S/C36H62O3Si/c1-11-40(12-2,13-3)39-29-17-18-33(8)27(32(29,6)7)16-19-35(10)28(33)15-14-25-26-24-31(4,5)20-22-36(26,30(37)38)23-21-34(25,35)9/h14,26-29H,11-13,15-24H2,1-10H3,(H,37,38)/t26?,27-,28?,29?,33?,34+,35+,36?/m0/s1. The summed E-state index contributed by atoms with van der Waals surface area (Å²) in [5.41, 5.74) is 2.06. The fourth-order valence-corrected chi connectivity index (χ4v) is 15.1. The lowest BCUT2D eigenvalue weighted by molar-refractivity contribution is -0.203. The summed E-state index contributed by atoms with van der Waals surface area (Å²) < 4.78 is 7.29. The van der Waals surface area contributed by atoms with Gasteiger partial charge in [-0.2, -0.15) is 0 Å². The maximum atomic E-state index is 12.9. The number of carboxylic acid groups (broad SMARTS) is 1. The van der Waals surface area contributed by atoms with Crippen LogP contribution in [0.3, 0.4) is 0 Å². The third-order valence-corrected chi connectivity index (χ3v) is 20.0. The average molecular weight is 571 g/mol. The summed E-state index contributed by atoms with van der Waals surface area (Å²) in [5.74, 6) is 1.02. The van der Waals surface area contributed by atoms with Gasteiger partial charge in [0.25, 0.3) is 0 Å². The third-order valence-electron chi connectivity index (χ3n) is 15.3. The van der Waals surface area contributed by atoms with Crippen LogP contribution in [0.5, 0.6) is 0 Å². The second-order valence-corrected chi connectivity index (χ2v) is 22.1. The summed E-state index contributed by atoms with van der Waals surface area (Å²) in [5, 5.41) is 10.6. The van der Waals surface area contributed by atoms with Crippen molar-refractivity contribution in [3.8, 4) is 0 Å². The molecular weight excluding hydrogens is 508 g/mol. The van der Waals surface area contributed by atoms with Crippen molar-refractivity contribution in [2.75, 3.05) is 0 Å². The van der Waals surface area contributed by atoms with E-state index >= 15 is 0 Å². The highest BCUT2D eigenvalue weighted by molar-refractivity contribution is 6.73. The van der Waals surface area contributed by atoms with E-state index in [0.29, 0.717) is 23.4 Å². The van der Waals surface area contributed by atoms with E-state index < -0.39 is 19.7 Å². The number of hydrogen-bond donors (Lipinski definition) is 1. The van der Waals surface area contributed by atoms with Gasteiger partial charge >= 0.3 is 5.97 Å². The number of aliphatic carboxylic acids is 1. The highest BCUT2D eigenvalue weighted by atomic mass is 28.4. The molecule has 0 aromatic carbocycles. The molecule has 5 rings (SSSR count). The highest BCUT2D eigenvalue weighted by Crippen LogP contribution is 2.76. The van der Waals surface area contributed by atoms with Crippen molar-refractivity contribution >= 4 is 14.3 Å².